The highest BCUT2D eigenvalue weighted by Gasteiger charge is 2.41. The second-order valence-electron chi connectivity index (χ2n) is 35.7. The number of fused-ring (bicyclic) bond motifs is 8. The van der Waals surface area contributed by atoms with Gasteiger partial charge in [-0.05, 0) is 169 Å². The van der Waals surface area contributed by atoms with Crippen molar-refractivity contribution < 1.29 is 19.2 Å². The summed E-state index contributed by atoms with van der Waals surface area (Å²) in [5, 5.41) is 0. The fourth-order valence-electron chi connectivity index (χ4n) is 14.0. The Kier molecular flexibility index (Phi) is 19.1. The zero-order valence-electron chi connectivity index (χ0n) is 62.2. The van der Waals surface area contributed by atoms with Crippen LogP contribution in [0.1, 0.15) is 270 Å². The Morgan fingerprint density at radius 3 is 0.670 bits per heavy atom. The van der Waals surface area contributed by atoms with Crippen molar-refractivity contribution in [3.05, 3.63) is 210 Å². The monoisotopic (exact) mass is 1260 g/mol. The molecule has 5 heterocycles. The highest BCUT2D eigenvalue weighted by Crippen LogP contribution is 2.49. The summed E-state index contributed by atoms with van der Waals surface area (Å²) in [5.74, 6) is 0.247. The average molecular weight is 1270 g/mol. The minimum absolute atomic E-state index is 0.0559. The number of allylic oxidation sites excluding steroid dienone is 20. The van der Waals surface area contributed by atoms with Crippen LogP contribution >= 0.6 is 0 Å². The van der Waals surface area contributed by atoms with Crippen LogP contribution < -0.4 is 0 Å². The van der Waals surface area contributed by atoms with Crippen molar-refractivity contribution >= 4 is 45.4 Å². The van der Waals surface area contributed by atoms with Crippen LogP contribution in [0.2, 0.25) is 0 Å². The Balaban J connectivity index is 1.53. The normalized spacial score (nSPS) is 17.8. The van der Waals surface area contributed by atoms with E-state index in [-0.39, 0.29) is 23.1 Å². The van der Waals surface area contributed by atoms with Crippen LogP contribution in [0.3, 0.4) is 0 Å². The van der Waals surface area contributed by atoms with Crippen LogP contribution in [0, 0.1) is 43.3 Å². The molecule has 9 rings (SSSR count). The average Bonchev–Trinajstić information content (AvgIpc) is 1.49. The van der Waals surface area contributed by atoms with Gasteiger partial charge in [0.15, 0.2) is 23.1 Å². The summed E-state index contributed by atoms with van der Waals surface area (Å²) in [5.41, 5.74) is 16.6. The van der Waals surface area contributed by atoms with Gasteiger partial charge in [-0.1, -0.05) is 218 Å². The van der Waals surface area contributed by atoms with Crippen molar-refractivity contribution in [1.29, 1.82) is 0 Å². The molecule has 0 saturated carbocycles. The van der Waals surface area contributed by atoms with Gasteiger partial charge < -0.3 is 19.5 Å². The van der Waals surface area contributed by atoms with Crippen LogP contribution in [0.15, 0.2) is 164 Å². The third-order valence-electron chi connectivity index (χ3n) is 19.4. The van der Waals surface area contributed by atoms with Crippen LogP contribution in [-0.2, 0) is 25.7 Å². The second-order valence-corrected chi connectivity index (χ2v) is 35.7. The van der Waals surface area contributed by atoms with E-state index < -0.39 is 43.3 Å². The summed E-state index contributed by atoms with van der Waals surface area (Å²) in [7, 11) is 0. The summed E-state index contributed by atoms with van der Waals surface area (Å²) < 4.78 is 2.54. The molecule has 4 aliphatic carbocycles. The van der Waals surface area contributed by atoms with Gasteiger partial charge in [0.25, 0.3) is 0 Å². The molecule has 0 aromatic carbocycles. The number of hydrogen-bond donors (Lipinski definition) is 3. The van der Waals surface area contributed by atoms with Crippen molar-refractivity contribution in [2.24, 2.45) is 43.3 Å². The predicted octanol–water partition coefficient (Wildman–Crippen LogP) is 22.2. The number of carbonyl (C=O) groups is 4. The van der Waals surface area contributed by atoms with Gasteiger partial charge in [-0.25, -0.2) is 0 Å². The maximum absolute atomic E-state index is 15.1. The molecule has 3 N–H and O–H groups in total. The Hall–Kier alpha value is -7.32. The molecule has 94 heavy (non-hydrogen) atoms. The third-order valence-corrected chi connectivity index (χ3v) is 19.4. The van der Waals surface area contributed by atoms with E-state index in [4.69, 9.17) is 0 Å². The topological polar surface area (TPSA) is 121 Å². The van der Waals surface area contributed by atoms with E-state index in [0.29, 0.717) is 6.54 Å². The third kappa shape index (κ3) is 14.4. The van der Waals surface area contributed by atoms with Crippen molar-refractivity contribution in [2.75, 3.05) is 0 Å². The molecule has 0 spiro atoms. The van der Waals surface area contributed by atoms with E-state index in [0.717, 1.165) is 154 Å². The zero-order chi connectivity index (χ0) is 69.5. The minimum Gasteiger partial charge on any atom is -0.354 e. The number of Topliss-reactive ketones (excluding diaryl/α,β-unsaturated/α-hetero) is 4. The highest BCUT2D eigenvalue weighted by molar-refractivity contribution is 6.15. The zero-order valence-corrected chi connectivity index (χ0v) is 62.2. The molecule has 500 valence electrons. The molecule has 1 aliphatic heterocycles. The number of aromatic nitrogens is 4. The number of carbonyl (C=O) groups excluding carboxylic acids is 4. The first-order chi connectivity index (χ1) is 43.3. The van der Waals surface area contributed by atoms with Crippen molar-refractivity contribution in [1.82, 2.24) is 19.5 Å². The number of aromatic amines is 3. The van der Waals surface area contributed by atoms with Gasteiger partial charge in [-0.2, -0.15) is 0 Å². The Bertz CT molecular complexity index is 3750. The molecule has 0 radical (unpaired) electrons. The lowest BCUT2D eigenvalue weighted by Gasteiger charge is -2.32. The van der Waals surface area contributed by atoms with Crippen LogP contribution in [0.5, 0.6) is 0 Å². The Labute approximate surface area is 565 Å². The lowest BCUT2D eigenvalue weighted by Crippen LogP contribution is -2.28. The summed E-state index contributed by atoms with van der Waals surface area (Å²) in [6.45, 7) is 54.1. The number of H-pyrrole nitrogens is 3. The van der Waals surface area contributed by atoms with Crippen LogP contribution in [0.25, 0.3) is 22.3 Å². The van der Waals surface area contributed by atoms with Crippen LogP contribution in [0.4, 0.5) is 0 Å². The van der Waals surface area contributed by atoms with E-state index in [2.05, 4.69) is 290 Å². The molecule has 4 aromatic heterocycles. The number of nitrogens with one attached hydrogen (secondary N) is 3. The molecule has 8 nitrogen and oxygen atoms in total. The molecule has 0 saturated heterocycles. The number of rotatable bonds is 9. The van der Waals surface area contributed by atoms with E-state index in [1.54, 1.807) is 0 Å². The molecule has 0 amide bonds. The molecule has 0 fully saturated rings. The molecule has 8 heteroatoms. The smallest absolute Gasteiger partial charge is 0.186 e. The predicted molar refractivity (Wildman–Crippen MR) is 394 cm³/mol. The fourth-order valence-corrected chi connectivity index (χ4v) is 14.0. The molecule has 0 unspecified atom stereocenters. The van der Waals surface area contributed by atoms with Gasteiger partial charge in [-0.15, -0.1) is 0 Å². The maximum Gasteiger partial charge on any atom is 0.186 e. The Morgan fingerprint density at radius 2 is 0.457 bits per heavy atom. The Morgan fingerprint density at radius 1 is 0.266 bits per heavy atom. The summed E-state index contributed by atoms with van der Waals surface area (Å²) in [6, 6.07) is 17.7. The van der Waals surface area contributed by atoms with Gasteiger partial charge in [-0.3, -0.25) is 19.2 Å². The van der Waals surface area contributed by atoms with Crippen molar-refractivity contribution in [3.8, 4) is 0 Å². The number of nitrogens with zero attached hydrogens (tertiary/aromatic N) is 1. The quantitative estimate of drug-likeness (QED) is 0.127. The molecular weight excluding hydrogens is 1150 g/mol. The van der Waals surface area contributed by atoms with Crippen molar-refractivity contribution in [2.45, 2.75) is 231 Å². The maximum atomic E-state index is 15.1. The first-order valence-corrected chi connectivity index (χ1v) is 35.0. The standard InChI is InChI=1S/C86H112N4O4/c1-26-27-28-29-30-31-32-33-42-90-69-40-41-70(90)74(54-49-61(85(20,21)22)78(94)62(50-54)86(23,24)25)68-39-37-66(89-68)72(52-45-57(81(8,9)10)76(92)58(46-52)82(11,12)13)64-35-34-63(87-64)71(51-43-55(79(2,3)4)75(91)56(44-51)80(5,6)7)65-36-38-67(88-65)73(69)53-47-59(83(14,15)16)77(93)60(48-53)84(17,18)19/h34-41,43-50,87-89H,26-33,42H2,1-25H3. The lowest BCUT2D eigenvalue weighted by molar-refractivity contribution is -0.114. The van der Waals surface area contributed by atoms with Crippen molar-refractivity contribution in [3.63, 3.8) is 0 Å². The molecule has 8 bridgehead atoms. The van der Waals surface area contributed by atoms with Gasteiger partial charge in [0, 0.05) is 108 Å². The van der Waals surface area contributed by atoms with Crippen LogP contribution in [-0.4, -0.2) is 42.7 Å². The molecule has 4 aromatic rings. The number of unbranched alkanes of at least 4 members (excludes halogenated alkanes) is 7. The van der Waals surface area contributed by atoms with Gasteiger partial charge >= 0.3 is 0 Å². The summed E-state index contributed by atoms with van der Waals surface area (Å²) >= 11 is 0. The molecule has 5 aliphatic rings. The summed E-state index contributed by atoms with van der Waals surface area (Å²) in [6.07, 6.45) is 26.3. The molecular formula is C86H112N4O4. The number of ketones is 4. The first kappa shape index (κ1) is 71.0. The summed E-state index contributed by atoms with van der Waals surface area (Å²) in [4.78, 5) is 72.2. The van der Waals surface area contributed by atoms with Gasteiger partial charge in [0.2, 0.25) is 0 Å². The highest BCUT2D eigenvalue weighted by atomic mass is 16.1. The number of hydrogen-bond acceptors (Lipinski definition) is 4. The van der Waals surface area contributed by atoms with E-state index in [9.17, 15) is 9.59 Å². The fraction of sp³-hybridized carbons (Fsp3) is 0.488. The minimum atomic E-state index is -0.488. The SMILES string of the molecule is CCCCCCCCCCn1c2ccc1C(=C1C=C(C(C)(C)C)C(=O)C(C(C)(C)C)=C1)c1ccc([nH]1)C(=C1C=C(C(C)(C)C)C(=O)C(C(C)(C)C)=C1)c1ccc([nH]1)C(=C1C=C(C(C)(C)C)C(=O)C(C(C)(C)C)=C1)c1ccc([nH]1)C2=C1C=C(C(C)(C)C)C(=O)C(C(C)(C)C)=C1. The van der Waals surface area contributed by atoms with E-state index in [1.807, 2.05) is 0 Å². The van der Waals surface area contributed by atoms with Gasteiger partial charge in [0.05, 0.1) is 11.4 Å². The first-order valence-electron chi connectivity index (χ1n) is 35.0. The molecule has 0 atom stereocenters. The second kappa shape index (κ2) is 25.3. The largest absolute Gasteiger partial charge is 0.354 e. The van der Waals surface area contributed by atoms with E-state index >= 15 is 9.59 Å². The van der Waals surface area contributed by atoms with Gasteiger partial charge in [0.1, 0.15) is 0 Å². The lowest BCUT2D eigenvalue weighted by atomic mass is 9.71. The van der Waals surface area contributed by atoms with E-state index in [1.165, 1.54) is 32.1 Å².